The average molecular weight is 1070 g/mol. The molecule has 9 rings (SSSR count). The van der Waals surface area contributed by atoms with Gasteiger partial charge in [0, 0.05) is 47.6 Å². The molecule has 12 N–H and O–H groups in total. The Morgan fingerprint density at radius 3 is 0.949 bits per heavy atom. The van der Waals surface area contributed by atoms with Crippen molar-refractivity contribution in [3.05, 3.63) is 242 Å². The van der Waals surface area contributed by atoms with Gasteiger partial charge in [0.05, 0.1) is 38.3 Å². The number of carbonyl (C=O) groups is 3. The third-order valence-electron chi connectivity index (χ3n) is 11.1. The first-order valence-electron chi connectivity index (χ1n) is 22.8. The Labute approximate surface area is 439 Å². The second kappa shape index (κ2) is 24.5. The molecule has 0 unspecified atom stereocenters. The van der Waals surface area contributed by atoms with Gasteiger partial charge in [0.1, 0.15) is 69.8 Å². The number of hydrogen-bond acceptors (Lipinski definition) is 16. The van der Waals surface area contributed by atoms with Crippen molar-refractivity contribution in [1.82, 2.24) is 15.0 Å². The van der Waals surface area contributed by atoms with Crippen molar-refractivity contribution in [2.45, 2.75) is 0 Å². The molecule has 0 fully saturated rings. The third-order valence-corrected chi connectivity index (χ3v) is 11.1. The molecule has 17 nitrogen and oxygen atoms in total. The highest BCUT2D eigenvalue weighted by atomic mass is 19.2. The SMILES string of the molecule is CNc1ccc(Nc2ccc(C(=O)c3c(F)cccc3F)c(N)n2)cc1.Nc1ccc(Nc2ccc(C(=O)c3c(F)cccc3F)c(N)n2)cc1.Nc1nc(Nc2ccc([N+](=O)[O-])cc2)ccc1C(=O)c1c(F)cccc1F. The van der Waals surface area contributed by atoms with Crippen LogP contribution in [-0.4, -0.2) is 44.3 Å². The molecule has 0 saturated heterocycles. The summed E-state index contributed by atoms with van der Waals surface area (Å²) in [5.74, 6) is -7.82. The van der Waals surface area contributed by atoms with Gasteiger partial charge in [-0.3, -0.25) is 24.5 Å². The minimum absolute atomic E-state index is 0.0647. The number of nitrogens with zero attached hydrogens (tertiary/aromatic N) is 4. The number of non-ortho nitro benzene ring substituents is 1. The molecule has 0 bridgehead atoms. The zero-order valence-electron chi connectivity index (χ0n) is 40.5. The van der Waals surface area contributed by atoms with Crippen LogP contribution in [0.15, 0.2) is 164 Å². The van der Waals surface area contributed by atoms with E-state index in [9.17, 15) is 50.8 Å². The first-order valence-corrected chi connectivity index (χ1v) is 22.8. The number of aromatic nitrogens is 3. The summed E-state index contributed by atoms with van der Waals surface area (Å²) in [7, 11) is 1.82. The van der Waals surface area contributed by atoms with E-state index in [1.807, 2.05) is 31.3 Å². The molecule has 9 aromatic rings. The topological polar surface area (TPSA) is 285 Å². The molecule has 0 aliphatic heterocycles. The highest BCUT2D eigenvalue weighted by Crippen LogP contribution is 2.28. The van der Waals surface area contributed by atoms with Crippen molar-refractivity contribution in [3.63, 3.8) is 0 Å². The number of ketones is 3. The van der Waals surface area contributed by atoms with Gasteiger partial charge in [0.15, 0.2) is 0 Å². The van der Waals surface area contributed by atoms with Gasteiger partial charge in [-0.25, -0.2) is 41.3 Å². The van der Waals surface area contributed by atoms with Crippen LogP contribution in [0.1, 0.15) is 47.8 Å². The van der Waals surface area contributed by atoms with E-state index in [-0.39, 0.29) is 45.6 Å². The van der Waals surface area contributed by atoms with E-state index in [1.165, 1.54) is 72.8 Å². The van der Waals surface area contributed by atoms with E-state index in [4.69, 9.17) is 22.9 Å². The molecule has 0 atom stereocenters. The second-order valence-corrected chi connectivity index (χ2v) is 16.3. The molecule has 78 heavy (non-hydrogen) atoms. The Morgan fingerprint density at radius 1 is 0.410 bits per heavy atom. The minimum Gasteiger partial charge on any atom is -0.399 e. The lowest BCUT2D eigenvalue weighted by Gasteiger charge is -2.10. The van der Waals surface area contributed by atoms with Crippen molar-refractivity contribution >= 4 is 86.4 Å². The monoisotopic (exact) mass is 1060 g/mol. The number of nitro benzene ring substituents is 1. The fraction of sp³-hybridized carbons (Fsp3) is 0.0182. The van der Waals surface area contributed by atoms with Gasteiger partial charge in [-0.1, -0.05) is 18.2 Å². The van der Waals surface area contributed by atoms with Crippen LogP contribution in [0.2, 0.25) is 0 Å². The molecule has 394 valence electrons. The standard InChI is InChI=1S/C19H16F2N4O.C18H12F2N4O3.C18H14F2N4O/c1-23-11-5-7-12(8-6-11)24-16-10-9-13(19(22)25-16)18(26)17-14(20)3-2-4-15(17)21;19-13-2-1-3-14(20)16(13)17(25)12-8-9-15(23-18(12)21)22-10-4-6-11(7-5-10)24(26)27;19-13-2-1-3-14(20)16(13)17(25)12-8-9-15(24-18(12)22)23-11-6-4-10(21)5-7-11/h2-10,23H,1H3,(H3,22,24,25);1-9H,(H3,21,22,23);1-9H,21H2,(H3,22,23,24). The highest BCUT2D eigenvalue weighted by molar-refractivity contribution is 6.13. The maximum atomic E-state index is 13.8. The van der Waals surface area contributed by atoms with Crippen LogP contribution in [0.25, 0.3) is 0 Å². The molecule has 3 aromatic heterocycles. The van der Waals surface area contributed by atoms with Gasteiger partial charge in [0.25, 0.3) is 5.69 Å². The second-order valence-electron chi connectivity index (χ2n) is 16.3. The zero-order valence-corrected chi connectivity index (χ0v) is 40.5. The molecular formula is C55H42F6N12O5. The Balaban J connectivity index is 0.000000170. The molecule has 0 amide bonds. The molecule has 0 saturated carbocycles. The van der Waals surface area contributed by atoms with Gasteiger partial charge in [-0.15, -0.1) is 0 Å². The van der Waals surface area contributed by atoms with E-state index in [2.05, 4.69) is 36.2 Å². The zero-order chi connectivity index (χ0) is 56.2. The van der Waals surface area contributed by atoms with E-state index >= 15 is 0 Å². The number of anilines is 11. The number of nitro groups is 1. The summed E-state index contributed by atoms with van der Waals surface area (Å²) in [6, 6.07) is 38.0. The first kappa shape index (κ1) is 54.9. The molecule has 3 heterocycles. The van der Waals surface area contributed by atoms with Gasteiger partial charge >= 0.3 is 0 Å². The van der Waals surface area contributed by atoms with Gasteiger partial charge < -0.3 is 44.2 Å². The van der Waals surface area contributed by atoms with E-state index in [1.54, 1.807) is 24.3 Å². The highest BCUT2D eigenvalue weighted by Gasteiger charge is 2.24. The summed E-state index contributed by atoms with van der Waals surface area (Å²) in [5, 5.41) is 22.6. The average Bonchev–Trinajstić information content (AvgIpc) is 3.43. The molecule has 6 aromatic carbocycles. The lowest BCUT2D eigenvalue weighted by molar-refractivity contribution is -0.384. The number of rotatable bonds is 14. The lowest BCUT2D eigenvalue weighted by atomic mass is 10.0. The summed E-state index contributed by atoms with van der Waals surface area (Å²) in [6.45, 7) is 0. The van der Waals surface area contributed by atoms with Crippen LogP contribution in [0, 0.1) is 45.0 Å². The van der Waals surface area contributed by atoms with Crippen molar-refractivity contribution in [2.24, 2.45) is 0 Å². The molecule has 0 radical (unpaired) electrons. The molecule has 0 spiro atoms. The van der Waals surface area contributed by atoms with Crippen molar-refractivity contribution in [2.75, 3.05) is 51.2 Å². The fourth-order valence-corrected chi connectivity index (χ4v) is 7.15. The summed E-state index contributed by atoms with van der Waals surface area (Å²) in [6.07, 6.45) is 0. The predicted molar refractivity (Wildman–Crippen MR) is 285 cm³/mol. The van der Waals surface area contributed by atoms with Crippen LogP contribution in [0.4, 0.5) is 95.4 Å². The van der Waals surface area contributed by atoms with Crippen LogP contribution in [0.5, 0.6) is 0 Å². The number of carbonyl (C=O) groups excluding carboxylic acids is 3. The molecular weight excluding hydrogens is 1020 g/mol. The number of nitrogen functional groups attached to an aromatic ring is 4. The van der Waals surface area contributed by atoms with Gasteiger partial charge in [-0.05, 0) is 133 Å². The first-order chi connectivity index (χ1) is 37.3. The molecule has 23 heteroatoms. The summed E-state index contributed by atoms with van der Waals surface area (Å²) < 4.78 is 82.7. The van der Waals surface area contributed by atoms with Crippen LogP contribution < -0.4 is 44.2 Å². The largest absolute Gasteiger partial charge is 0.399 e. The van der Waals surface area contributed by atoms with Crippen molar-refractivity contribution in [1.29, 1.82) is 0 Å². The smallest absolute Gasteiger partial charge is 0.269 e. The van der Waals surface area contributed by atoms with Crippen molar-refractivity contribution in [3.8, 4) is 0 Å². The number of benzene rings is 6. The third kappa shape index (κ3) is 13.3. The Hall–Kier alpha value is -10.8. The summed E-state index contributed by atoms with van der Waals surface area (Å²) >= 11 is 0. The van der Waals surface area contributed by atoms with E-state index in [0.29, 0.717) is 23.0 Å². The maximum absolute atomic E-state index is 13.8. The maximum Gasteiger partial charge on any atom is 0.269 e. The number of hydrogen-bond donors (Lipinski definition) is 8. The lowest BCUT2D eigenvalue weighted by Crippen LogP contribution is -2.11. The van der Waals surface area contributed by atoms with E-state index < -0.39 is 73.9 Å². The van der Waals surface area contributed by atoms with E-state index in [0.717, 1.165) is 59.5 Å². The molecule has 0 aliphatic carbocycles. The number of nitrogens with one attached hydrogen (secondary N) is 4. The number of pyridine rings is 3. The Kier molecular flexibility index (Phi) is 17.2. The fourth-order valence-electron chi connectivity index (χ4n) is 7.15. The van der Waals surface area contributed by atoms with Crippen LogP contribution in [-0.2, 0) is 0 Å². The predicted octanol–water partition coefficient (Wildman–Crippen LogP) is 11.3. The van der Waals surface area contributed by atoms with Gasteiger partial charge in [0.2, 0.25) is 17.3 Å². The summed E-state index contributed by atoms with van der Waals surface area (Å²) in [4.78, 5) is 59.5. The van der Waals surface area contributed by atoms with Gasteiger partial charge in [-0.2, -0.15) is 0 Å². The quantitative estimate of drug-likeness (QED) is 0.0165. The number of nitrogens with two attached hydrogens (primary N) is 4. The Bertz CT molecular complexity index is 3650. The van der Waals surface area contributed by atoms with Crippen LogP contribution >= 0.6 is 0 Å². The van der Waals surface area contributed by atoms with Crippen LogP contribution in [0.3, 0.4) is 0 Å². The number of halogens is 6. The Morgan fingerprint density at radius 2 is 0.679 bits per heavy atom. The molecule has 0 aliphatic rings. The van der Waals surface area contributed by atoms with Crippen molar-refractivity contribution < 1.29 is 45.6 Å². The normalized spacial score (nSPS) is 10.4. The minimum atomic E-state index is -0.993. The summed E-state index contributed by atoms with van der Waals surface area (Å²) in [5.41, 5.74) is 24.2.